The van der Waals surface area contributed by atoms with Crippen LogP contribution in [-0.2, 0) is 7.05 Å². The van der Waals surface area contributed by atoms with Crippen LogP contribution in [0.5, 0.6) is 0 Å². The van der Waals surface area contributed by atoms with Gasteiger partial charge in [0.1, 0.15) is 0 Å². The summed E-state index contributed by atoms with van der Waals surface area (Å²) in [5.41, 5.74) is 1.06. The van der Waals surface area contributed by atoms with Gasteiger partial charge in [-0.05, 0) is 6.07 Å². The second-order valence-corrected chi connectivity index (χ2v) is 2.36. The molecule has 0 saturated carbocycles. The van der Waals surface area contributed by atoms with Gasteiger partial charge in [0.25, 0.3) is 0 Å². The minimum Gasteiger partial charge on any atom is -0.275 e. The molecule has 1 heterocycles. The lowest BCUT2D eigenvalue weighted by Gasteiger charge is -1.80. The van der Waals surface area contributed by atoms with Crippen LogP contribution in [0.1, 0.15) is 13.8 Å². The fourth-order valence-corrected chi connectivity index (χ4v) is 1.09. The minimum atomic E-state index is 1.06. The van der Waals surface area contributed by atoms with Crippen LogP contribution in [0.4, 0.5) is 0 Å². The normalized spacial score (nSPS) is 9.25. The zero-order chi connectivity index (χ0) is 8.97. The molecule has 1 aromatic carbocycles. The second kappa shape index (κ2) is 3.90. The fourth-order valence-electron chi connectivity index (χ4n) is 1.09. The molecule has 1 aromatic heterocycles. The Labute approximate surface area is 72.8 Å². The van der Waals surface area contributed by atoms with Gasteiger partial charge in [-0.15, -0.1) is 0 Å². The summed E-state index contributed by atoms with van der Waals surface area (Å²) in [6.07, 6.45) is 2.01. The summed E-state index contributed by atoms with van der Waals surface area (Å²) in [7, 11) is 1.93. The maximum absolute atomic E-state index is 4.23. The average Bonchev–Trinajstić information content (AvgIpc) is 2.48. The van der Waals surface area contributed by atoms with Crippen molar-refractivity contribution in [1.29, 1.82) is 0 Å². The predicted octanol–water partition coefficient (Wildman–Crippen LogP) is 2.60. The average molecular weight is 162 g/mol. The summed E-state index contributed by atoms with van der Waals surface area (Å²) >= 11 is 0. The van der Waals surface area contributed by atoms with Crippen LogP contribution in [0.3, 0.4) is 0 Å². The zero-order valence-corrected chi connectivity index (χ0v) is 7.78. The Morgan fingerprint density at radius 2 is 1.83 bits per heavy atom. The Kier molecular flexibility index (Phi) is 2.86. The monoisotopic (exact) mass is 162 g/mol. The smallest absolute Gasteiger partial charge is 0.0923 e. The van der Waals surface area contributed by atoms with Crippen molar-refractivity contribution < 1.29 is 0 Å². The maximum Gasteiger partial charge on any atom is 0.0923 e. The number of benzene rings is 1. The largest absolute Gasteiger partial charge is 0.275 e. The molecular weight excluding hydrogens is 148 g/mol. The molecule has 0 unspecified atom stereocenters. The lowest BCUT2D eigenvalue weighted by molar-refractivity contribution is 0.780. The number of nitrogens with zero attached hydrogens (tertiary/aromatic N) is 2. The maximum atomic E-state index is 4.23. The topological polar surface area (TPSA) is 17.8 Å². The van der Waals surface area contributed by atoms with Crippen molar-refractivity contribution in [1.82, 2.24) is 9.78 Å². The van der Waals surface area contributed by atoms with Gasteiger partial charge in [0, 0.05) is 18.6 Å². The van der Waals surface area contributed by atoms with E-state index in [-0.39, 0.29) is 0 Å². The SMILES string of the molecule is CC.Cn1cc2ccccc2n1. The Hall–Kier alpha value is -1.31. The lowest BCUT2D eigenvalue weighted by atomic mass is 10.3. The van der Waals surface area contributed by atoms with Gasteiger partial charge in [-0.25, -0.2) is 0 Å². The van der Waals surface area contributed by atoms with Crippen LogP contribution in [0.25, 0.3) is 10.9 Å². The Bertz CT molecular complexity index is 316. The highest BCUT2D eigenvalue weighted by Crippen LogP contribution is 2.08. The number of hydrogen-bond donors (Lipinski definition) is 0. The molecule has 0 N–H and O–H groups in total. The van der Waals surface area contributed by atoms with Gasteiger partial charge in [0.2, 0.25) is 0 Å². The fraction of sp³-hybridized carbons (Fsp3) is 0.300. The molecule has 0 fully saturated rings. The molecule has 0 aliphatic rings. The Morgan fingerprint density at radius 3 is 2.50 bits per heavy atom. The second-order valence-electron chi connectivity index (χ2n) is 2.36. The van der Waals surface area contributed by atoms with Crippen molar-refractivity contribution in [2.24, 2.45) is 7.05 Å². The Balaban J connectivity index is 0.000000336. The highest BCUT2D eigenvalue weighted by molar-refractivity contribution is 5.77. The van der Waals surface area contributed by atoms with Crippen LogP contribution in [0.15, 0.2) is 30.5 Å². The summed E-state index contributed by atoms with van der Waals surface area (Å²) in [5.74, 6) is 0. The molecule has 0 amide bonds. The van der Waals surface area contributed by atoms with E-state index in [0.717, 1.165) is 5.52 Å². The van der Waals surface area contributed by atoms with Gasteiger partial charge in [-0.3, -0.25) is 4.68 Å². The summed E-state index contributed by atoms with van der Waals surface area (Å²) < 4.78 is 1.82. The van der Waals surface area contributed by atoms with Crippen LogP contribution in [-0.4, -0.2) is 9.78 Å². The molecule has 0 radical (unpaired) electrons. The molecule has 0 saturated heterocycles. The van der Waals surface area contributed by atoms with Gasteiger partial charge in [0.05, 0.1) is 5.52 Å². The molecule has 0 bridgehead atoms. The summed E-state index contributed by atoms with van der Waals surface area (Å²) in [6, 6.07) is 8.08. The number of aryl methyl sites for hydroxylation is 1. The zero-order valence-electron chi connectivity index (χ0n) is 7.78. The third kappa shape index (κ3) is 1.64. The van der Waals surface area contributed by atoms with E-state index in [9.17, 15) is 0 Å². The molecule has 0 spiro atoms. The van der Waals surface area contributed by atoms with Crippen molar-refractivity contribution >= 4 is 10.9 Å². The first kappa shape index (κ1) is 8.78. The molecule has 0 aliphatic heterocycles. The molecule has 2 heteroatoms. The molecule has 2 rings (SSSR count). The summed E-state index contributed by atoms with van der Waals surface area (Å²) in [4.78, 5) is 0. The predicted molar refractivity (Wildman–Crippen MR) is 52.1 cm³/mol. The van der Waals surface area contributed by atoms with Gasteiger partial charge < -0.3 is 0 Å². The first-order valence-electron chi connectivity index (χ1n) is 4.25. The first-order chi connectivity index (χ1) is 5.86. The number of hydrogen-bond acceptors (Lipinski definition) is 1. The summed E-state index contributed by atoms with van der Waals surface area (Å²) in [6.45, 7) is 4.00. The van der Waals surface area contributed by atoms with Crippen LogP contribution < -0.4 is 0 Å². The molecular formula is C10H14N2. The lowest BCUT2D eigenvalue weighted by Crippen LogP contribution is -1.84. The molecule has 2 aromatic rings. The van der Waals surface area contributed by atoms with E-state index in [1.165, 1.54) is 5.39 Å². The van der Waals surface area contributed by atoms with E-state index in [4.69, 9.17) is 0 Å². The summed E-state index contributed by atoms with van der Waals surface area (Å²) in [5, 5.41) is 5.43. The molecule has 0 atom stereocenters. The highest BCUT2D eigenvalue weighted by Gasteiger charge is 1.92. The van der Waals surface area contributed by atoms with Gasteiger partial charge in [-0.1, -0.05) is 32.0 Å². The van der Waals surface area contributed by atoms with Crippen molar-refractivity contribution in [3.05, 3.63) is 30.5 Å². The third-order valence-electron chi connectivity index (χ3n) is 1.53. The number of aromatic nitrogens is 2. The number of rotatable bonds is 0. The van der Waals surface area contributed by atoms with E-state index in [1.54, 1.807) is 0 Å². The standard InChI is InChI=1S/C8H8N2.C2H6/c1-10-6-7-4-2-3-5-8(7)9-10;1-2/h2-6H,1H3;1-2H3. The van der Waals surface area contributed by atoms with E-state index < -0.39 is 0 Å². The van der Waals surface area contributed by atoms with Crippen LogP contribution in [0, 0.1) is 0 Å². The van der Waals surface area contributed by atoms with Crippen molar-refractivity contribution in [2.45, 2.75) is 13.8 Å². The minimum absolute atomic E-state index is 1.06. The quantitative estimate of drug-likeness (QED) is 0.582. The molecule has 12 heavy (non-hydrogen) atoms. The van der Waals surface area contributed by atoms with Gasteiger partial charge >= 0.3 is 0 Å². The molecule has 0 aliphatic carbocycles. The highest BCUT2D eigenvalue weighted by atomic mass is 15.2. The van der Waals surface area contributed by atoms with Crippen molar-refractivity contribution in [2.75, 3.05) is 0 Å². The van der Waals surface area contributed by atoms with Crippen molar-refractivity contribution in [3.63, 3.8) is 0 Å². The molecule has 2 nitrogen and oxygen atoms in total. The van der Waals surface area contributed by atoms with Crippen molar-refractivity contribution in [3.8, 4) is 0 Å². The number of fused-ring (bicyclic) bond motifs is 1. The van der Waals surface area contributed by atoms with Crippen LogP contribution in [0.2, 0.25) is 0 Å². The van der Waals surface area contributed by atoms with E-state index >= 15 is 0 Å². The Morgan fingerprint density at radius 1 is 1.17 bits per heavy atom. The third-order valence-corrected chi connectivity index (χ3v) is 1.53. The van der Waals surface area contributed by atoms with E-state index in [2.05, 4.69) is 11.2 Å². The van der Waals surface area contributed by atoms with Crippen LogP contribution >= 0.6 is 0 Å². The van der Waals surface area contributed by atoms with Gasteiger partial charge in [-0.2, -0.15) is 5.10 Å². The molecule has 64 valence electrons. The van der Waals surface area contributed by atoms with E-state index in [0.29, 0.717) is 0 Å². The van der Waals surface area contributed by atoms with Gasteiger partial charge in [0.15, 0.2) is 0 Å². The first-order valence-corrected chi connectivity index (χ1v) is 4.25. The van der Waals surface area contributed by atoms with E-state index in [1.807, 2.05) is 50.0 Å².